The summed E-state index contributed by atoms with van der Waals surface area (Å²) in [7, 11) is 0. The topological polar surface area (TPSA) is 22.0 Å². The van der Waals surface area contributed by atoms with Crippen LogP contribution in [0, 0.1) is 0 Å². The fraction of sp³-hybridized carbons (Fsp3) is 0.308. The highest BCUT2D eigenvalue weighted by Gasteiger charge is 2.07. The lowest BCUT2D eigenvalue weighted by atomic mass is 10.1. The van der Waals surface area contributed by atoms with E-state index in [0.717, 1.165) is 29.4 Å². The number of Topliss-reactive ketones (excluding diaryl/α,β-unsaturated/α-hetero) is 1. The first-order valence-corrected chi connectivity index (χ1v) is 5.33. The van der Waals surface area contributed by atoms with E-state index < -0.39 is 0 Å². The Kier molecular flexibility index (Phi) is 2.58. The first-order valence-electron chi connectivity index (χ1n) is 5.33. The second kappa shape index (κ2) is 3.89. The van der Waals surface area contributed by atoms with E-state index in [0.29, 0.717) is 0 Å². The van der Waals surface area contributed by atoms with Crippen LogP contribution in [0.1, 0.15) is 30.6 Å². The summed E-state index contributed by atoms with van der Waals surface area (Å²) in [6.45, 7) is 4.78. The van der Waals surface area contributed by atoms with Gasteiger partial charge in [-0.1, -0.05) is 19.1 Å². The van der Waals surface area contributed by atoms with E-state index in [4.69, 9.17) is 0 Å². The molecule has 2 nitrogen and oxygen atoms in total. The van der Waals surface area contributed by atoms with Gasteiger partial charge in [-0.15, -0.1) is 0 Å². The monoisotopic (exact) mass is 201 g/mol. The molecule has 2 heteroatoms. The van der Waals surface area contributed by atoms with Gasteiger partial charge in [0.1, 0.15) is 0 Å². The largest absolute Gasteiger partial charge is 0.347 e. The highest BCUT2D eigenvalue weighted by molar-refractivity contribution is 6.06. The van der Waals surface area contributed by atoms with Gasteiger partial charge in [0.2, 0.25) is 0 Å². The molecule has 78 valence electrons. The Labute approximate surface area is 89.5 Å². The average Bonchev–Trinajstić information content (AvgIpc) is 2.62. The maximum atomic E-state index is 11.4. The van der Waals surface area contributed by atoms with Crippen LogP contribution in [0.2, 0.25) is 0 Å². The molecule has 2 rings (SSSR count). The Balaban J connectivity index is 2.63. The van der Waals surface area contributed by atoms with Crippen molar-refractivity contribution in [2.75, 3.05) is 0 Å². The van der Waals surface area contributed by atoms with Crippen LogP contribution in [0.25, 0.3) is 10.9 Å². The van der Waals surface area contributed by atoms with E-state index in [2.05, 4.69) is 23.8 Å². The van der Waals surface area contributed by atoms with E-state index >= 15 is 0 Å². The van der Waals surface area contributed by atoms with Gasteiger partial charge in [-0.25, -0.2) is 0 Å². The minimum Gasteiger partial charge on any atom is -0.347 e. The lowest BCUT2D eigenvalue weighted by molar-refractivity contribution is 0.101. The molecule has 0 aliphatic carbocycles. The minimum atomic E-state index is 0.134. The van der Waals surface area contributed by atoms with Crippen molar-refractivity contribution in [2.45, 2.75) is 26.8 Å². The molecule has 1 aromatic heterocycles. The maximum absolute atomic E-state index is 11.4. The van der Waals surface area contributed by atoms with E-state index in [1.807, 2.05) is 18.2 Å². The van der Waals surface area contributed by atoms with E-state index in [1.54, 1.807) is 6.92 Å². The molecule has 0 aliphatic rings. The zero-order chi connectivity index (χ0) is 10.8. The zero-order valence-corrected chi connectivity index (χ0v) is 9.16. The summed E-state index contributed by atoms with van der Waals surface area (Å²) in [5, 5.41) is 1.07. The summed E-state index contributed by atoms with van der Waals surface area (Å²) in [6.07, 6.45) is 3.16. The van der Waals surface area contributed by atoms with Crippen LogP contribution < -0.4 is 0 Å². The normalized spacial score (nSPS) is 10.8. The third kappa shape index (κ3) is 1.67. The van der Waals surface area contributed by atoms with Gasteiger partial charge >= 0.3 is 0 Å². The number of carbonyl (C=O) groups excluding carboxylic acids is 1. The summed E-state index contributed by atoms with van der Waals surface area (Å²) in [6, 6.07) is 7.94. The summed E-state index contributed by atoms with van der Waals surface area (Å²) < 4.78 is 2.20. The SMILES string of the molecule is CCCn1ccc2c(C(C)=O)cccc21. The number of aromatic nitrogens is 1. The minimum absolute atomic E-state index is 0.134. The number of aryl methyl sites for hydroxylation is 1. The van der Waals surface area contributed by atoms with Crippen LogP contribution in [-0.4, -0.2) is 10.4 Å². The second-order valence-corrected chi connectivity index (χ2v) is 3.80. The number of hydrogen-bond acceptors (Lipinski definition) is 1. The summed E-state index contributed by atoms with van der Waals surface area (Å²) in [4.78, 5) is 11.4. The number of fused-ring (bicyclic) bond motifs is 1. The van der Waals surface area contributed by atoms with Gasteiger partial charge in [-0.3, -0.25) is 4.79 Å². The lowest BCUT2D eigenvalue weighted by Crippen LogP contribution is -1.96. The van der Waals surface area contributed by atoms with E-state index in [1.165, 1.54) is 0 Å². The highest BCUT2D eigenvalue weighted by atomic mass is 16.1. The van der Waals surface area contributed by atoms with Gasteiger partial charge in [0, 0.05) is 29.2 Å². The maximum Gasteiger partial charge on any atom is 0.160 e. The first kappa shape index (κ1) is 9.97. The third-order valence-corrected chi connectivity index (χ3v) is 2.66. The van der Waals surface area contributed by atoms with E-state index in [-0.39, 0.29) is 5.78 Å². The predicted molar refractivity (Wildman–Crippen MR) is 62.2 cm³/mol. The van der Waals surface area contributed by atoms with Crippen LogP contribution in [-0.2, 0) is 6.54 Å². The van der Waals surface area contributed by atoms with Gasteiger partial charge < -0.3 is 4.57 Å². The number of carbonyl (C=O) groups is 1. The van der Waals surface area contributed by atoms with Crippen LogP contribution in [0.3, 0.4) is 0 Å². The highest BCUT2D eigenvalue weighted by Crippen LogP contribution is 2.20. The molecule has 0 atom stereocenters. The Morgan fingerprint density at radius 1 is 1.33 bits per heavy atom. The average molecular weight is 201 g/mol. The molecule has 0 amide bonds. The number of hydrogen-bond donors (Lipinski definition) is 0. The molecule has 0 fully saturated rings. The standard InChI is InChI=1S/C13H15NO/c1-3-8-14-9-7-12-11(10(2)15)5-4-6-13(12)14/h4-7,9H,3,8H2,1-2H3. The molecule has 0 unspecified atom stereocenters. The second-order valence-electron chi connectivity index (χ2n) is 3.80. The van der Waals surface area contributed by atoms with E-state index in [9.17, 15) is 4.79 Å². The number of nitrogens with zero attached hydrogens (tertiary/aromatic N) is 1. The van der Waals surface area contributed by atoms with Crippen molar-refractivity contribution >= 4 is 16.7 Å². The molecule has 15 heavy (non-hydrogen) atoms. The Bertz CT molecular complexity index is 496. The fourth-order valence-corrected chi connectivity index (χ4v) is 1.97. The first-order chi connectivity index (χ1) is 7.24. The van der Waals surface area contributed by atoms with Gasteiger partial charge in [-0.05, 0) is 25.5 Å². The smallest absolute Gasteiger partial charge is 0.160 e. The lowest BCUT2D eigenvalue weighted by Gasteiger charge is -2.03. The summed E-state index contributed by atoms with van der Waals surface area (Å²) >= 11 is 0. The molecule has 0 radical (unpaired) electrons. The Hall–Kier alpha value is -1.57. The molecular formula is C13H15NO. The molecule has 0 N–H and O–H groups in total. The van der Waals surface area contributed by atoms with Gasteiger partial charge in [0.15, 0.2) is 5.78 Å². The quantitative estimate of drug-likeness (QED) is 0.699. The molecule has 0 saturated heterocycles. The van der Waals surface area contributed by atoms with Gasteiger partial charge in [-0.2, -0.15) is 0 Å². The molecule has 1 heterocycles. The summed E-state index contributed by atoms with van der Waals surface area (Å²) in [5.74, 6) is 0.134. The number of benzene rings is 1. The van der Waals surface area contributed by atoms with Crippen LogP contribution >= 0.6 is 0 Å². The molecule has 1 aromatic carbocycles. The van der Waals surface area contributed by atoms with Crippen LogP contribution in [0.4, 0.5) is 0 Å². The zero-order valence-electron chi connectivity index (χ0n) is 9.16. The Morgan fingerprint density at radius 3 is 2.80 bits per heavy atom. The van der Waals surface area contributed by atoms with Crippen molar-refractivity contribution in [3.05, 3.63) is 36.0 Å². The Morgan fingerprint density at radius 2 is 2.13 bits per heavy atom. The third-order valence-electron chi connectivity index (χ3n) is 2.66. The summed E-state index contributed by atoms with van der Waals surface area (Å²) in [5.41, 5.74) is 1.98. The number of rotatable bonds is 3. The van der Waals surface area contributed by atoms with Crippen molar-refractivity contribution in [1.82, 2.24) is 4.57 Å². The van der Waals surface area contributed by atoms with Crippen molar-refractivity contribution in [1.29, 1.82) is 0 Å². The van der Waals surface area contributed by atoms with Gasteiger partial charge in [0.05, 0.1) is 0 Å². The van der Waals surface area contributed by atoms with Gasteiger partial charge in [0.25, 0.3) is 0 Å². The van der Waals surface area contributed by atoms with Crippen molar-refractivity contribution < 1.29 is 4.79 Å². The molecular weight excluding hydrogens is 186 g/mol. The molecule has 0 saturated carbocycles. The molecule has 0 spiro atoms. The van der Waals surface area contributed by atoms with Crippen molar-refractivity contribution in [3.8, 4) is 0 Å². The van der Waals surface area contributed by atoms with Crippen LogP contribution in [0.15, 0.2) is 30.5 Å². The number of ketones is 1. The molecule has 2 aromatic rings. The molecule has 0 bridgehead atoms. The predicted octanol–water partition coefficient (Wildman–Crippen LogP) is 3.25. The van der Waals surface area contributed by atoms with Crippen LogP contribution in [0.5, 0.6) is 0 Å². The molecule has 0 aliphatic heterocycles. The van der Waals surface area contributed by atoms with Crippen molar-refractivity contribution in [2.24, 2.45) is 0 Å². The fourth-order valence-electron chi connectivity index (χ4n) is 1.97. The van der Waals surface area contributed by atoms with Crippen molar-refractivity contribution in [3.63, 3.8) is 0 Å².